The Labute approximate surface area is 112 Å². The van der Waals surface area contributed by atoms with Crippen LogP contribution in [0, 0.1) is 0 Å². The molecule has 0 spiro atoms. The third kappa shape index (κ3) is 1.89. The van der Waals surface area contributed by atoms with Crippen molar-refractivity contribution in [1.82, 2.24) is 19.9 Å². The van der Waals surface area contributed by atoms with Gasteiger partial charge in [0, 0.05) is 30.9 Å². The molecule has 2 atom stereocenters. The summed E-state index contributed by atoms with van der Waals surface area (Å²) >= 11 is 0. The summed E-state index contributed by atoms with van der Waals surface area (Å²) in [6, 6.07) is 5.31. The Morgan fingerprint density at radius 1 is 1.21 bits per heavy atom. The van der Waals surface area contributed by atoms with Crippen molar-refractivity contribution >= 4 is 11.5 Å². The molecular weight excluding hydrogens is 238 g/mol. The lowest BCUT2D eigenvalue weighted by Gasteiger charge is -2.30. The summed E-state index contributed by atoms with van der Waals surface area (Å²) in [7, 11) is 0. The van der Waals surface area contributed by atoms with Gasteiger partial charge in [0.1, 0.15) is 5.82 Å². The van der Waals surface area contributed by atoms with Gasteiger partial charge in [0.15, 0.2) is 5.65 Å². The lowest BCUT2D eigenvalue weighted by molar-refractivity contribution is 0.481. The predicted molar refractivity (Wildman–Crippen MR) is 74.4 cm³/mol. The highest BCUT2D eigenvalue weighted by atomic mass is 15.3. The molecule has 4 rings (SSSR count). The van der Waals surface area contributed by atoms with Crippen molar-refractivity contribution < 1.29 is 0 Å². The van der Waals surface area contributed by atoms with E-state index in [1.54, 1.807) is 6.20 Å². The number of hydrogen-bond acceptors (Lipinski definition) is 4. The highest BCUT2D eigenvalue weighted by Crippen LogP contribution is 2.28. The van der Waals surface area contributed by atoms with Crippen LogP contribution in [0.4, 0.5) is 5.82 Å². The van der Waals surface area contributed by atoms with E-state index in [1.165, 1.54) is 32.2 Å². The van der Waals surface area contributed by atoms with Gasteiger partial charge in [0.05, 0.1) is 6.20 Å². The molecule has 4 heterocycles. The van der Waals surface area contributed by atoms with Gasteiger partial charge in [-0.3, -0.25) is 0 Å². The topological polar surface area (TPSA) is 45.5 Å². The average molecular weight is 257 g/mol. The molecular formula is C14H19N5. The first-order valence-electron chi connectivity index (χ1n) is 7.22. The van der Waals surface area contributed by atoms with Crippen LogP contribution >= 0.6 is 0 Å². The van der Waals surface area contributed by atoms with Crippen LogP contribution in [0.25, 0.3) is 5.65 Å². The number of hydrogen-bond donors (Lipinski definition) is 1. The summed E-state index contributed by atoms with van der Waals surface area (Å²) in [6.07, 6.45) is 8.97. The van der Waals surface area contributed by atoms with E-state index in [0.717, 1.165) is 18.0 Å². The summed E-state index contributed by atoms with van der Waals surface area (Å²) in [5.74, 6) is 1.10. The van der Waals surface area contributed by atoms with Crippen molar-refractivity contribution in [1.29, 1.82) is 0 Å². The monoisotopic (exact) mass is 257 g/mol. The minimum atomic E-state index is 0.611. The number of rotatable bonds is 2. The Morgan fingerprint density at radius 2 is 2.21 bits per heavy atom. The van der Waals surface area contributed by atoms with Crippen LogP contribution in [0.2, 0.25) is 0 Å². The van der Waals surface area contributed by atoms with Crippen molar-refractivity contribution in [3.8, 4) is 0 Å². The van der Waals surface area contributed by atoms with Crippen molar-refractivity contribution in [3.63, 3.8) is 0 Å². The van der Waals surface area contributed by atoms with E-state index in [4.69, 9.17) is 4.98 Å². The molecule has 2 aliphatic rings. The highest BCUT2D eigenvalue weighted by molar-refractivity contribution is 5.49. The fourth-order valence-electron chi connectivity index (χ4n) is 3.50. The van der Waals surface area contributed by atoms with Gasteiger partial charge in [-0.05, 0) is 38.3 Å². The first-order valence-corrected chi connectivity index (χ1v) is 7.22. The fourth-order valence-corrected chi connectivity index (χ4v) is 3.50. The summed E-state index contributed by atoms with van der Waals surface area (Å²) < 4.78 is 1.82. The quantitative estimate of drug-likeness (QED) is 0.884. The molecule has 2 aromatic heterocycles. The Balaban J connectivity index is 1.65. The van der Waals surface area contributed by atoms with E-state index < -0.39 is 0 Å². The summed E-state index contributed by atoms with van der Waals surface area (Å²) in [6.45, 7) is 2.30. The first kappa shape index (κ1) is 11.2. The minimum Gasteiger partial charge on any atom is -0.352 e. The molecule has 0 aromatic carbocycles. The van der Waals surface area contributed by atoms with E-state index in [0.29, 0.717) is 12.1 Å². The average Bonchev–Trinajstić information content (AvgIpc) is 3.18. The standard InChI is InChI=1S/C14H19N5/c1-3-11(15-7-1)12-4-2-9-18(12)13-6-10-19-14(17-13)5-8-16-19/h5-6,8,10-12,15H,1-4,7,9H2. The number of fused-ring (bicyclic) bond motifs is 1. The van der Waals surface area contributed by atoms with Gasteiger partial charge in [-0.25, -0.2) is 9.50 Å². The smallest absolute Gasteiger partial charge is 0.157 e. The maximum atomic E-state index is 4.74. The number of anilines is 1. The van der Waals surface area contributed by atoms with E-state index in [-0.39, 0.29) is 0 Å². The molecule has 0 radical (unpaired) electrons. The molecule has 0 amide bonds. The molecule has 2 aliphatic heterocycles. The minimum absolute atomic E-state index is 0.611. The Bertz CT molecular complexity index is 572. The third-order valence-electron chi connectivity index (χ3n) is 4.40. The van der Waals surface area contributed by atoms with Crippen molar-refractivity contribution in [2.75, 3.05) is 18.0 Å². The maximum absolute atomic E-state index is 4.74. The summed E-state index contributed by atoms with van der Waals surface area (Å²) in [4.78, 5) is 7.22. The largest absolute Gasteiger partial charge is 0.352 e. The SMILES string of the molecule is c1cc2nc(N3CCCC3C3CCCN3)ccn2n1. The Kier molecular flexibility index (Phi) is 2.65. The molecule has 100 valence electrons. The third-order valence-corrected chi connectivity index (χ3v) is 4.40. The van der Waals surface area contributed by atoms with E-state index >= 15 is 0 Å². The van der Waals surface area contributed by atoms with Gasteiger partial charge < -0.3 is 10.2 Å². The van der Waals surface area contributed by atoms with Crippen LogP contribution < -0.4 is 10.2 Å². The molecule has 2 aromatic rings. The van der Waals surface area contributed by atoms with E-state index in [9.17, 15) is 0 Å². The first-order chi connectivity index (χ1) is 9.42. The van der Waals surface area contributed by atoms with Crippen LogP contribution in [0.1, 0.15) is 25.7 Å². The second-order valence-electron chi connectivity index (χ2n) is 5.53. The molecule has 5 heteroatoms. The van der Waals surface area contributed by atoms with Crippen molar-refractivity contribution in [2.45, 2.75) is 37.8 Å². The maximum Gasteiger partial charge on any atom is 0.157 e. The highest BCUT2D eigenvalue weighted by Gasteiger charge is 2.33. The normalized spacial score (nSPS) is 27.5. The molecule has 2 saturated heterocycles. The molecule has 2 fully saturated rings. The van der Waals surface area contributed by atoms with Crippen LogP contribution in [0.15, 0.2) is 24.5 Å². The van der Waals surface area contributed by atoms with E-state index in [1.807, 2.05) is 16.8 Å². The van der Waals surface area contributed by atoms with Crippen LogP contribution in [-0.4, -0.2) is 39.8 Å². The molecule has 0 saturated carbocycles. The second kappa shape index (κ2) is 4.49. The molecule has 0 bridgehead atoms. The zero-order valence-electron chi connectivity index (χ0n) is 11.0. The van der Waals surface area contributed by atoms with Crippen LogP contribution in [0.5, 0.6) is 0 Å². The van der Waals surface area contributed by atoms with Gasteiger partial charge in [-0.15, -0.1) is 0 Å². The summed E-state index contributed by atoms with van der Waals surface area (Å²) in [5.41, 5.74) is 0.933. The molecule has 0 aliphatic carbocycles. The fraction of sp³-hybridized carbons (Fsp3) is 0.571. The number of aromatic nitrogens is 3. The van der Waals surface area contributed by atoms with Gasteiger partial charge in [-0.2, -0.15) is 5.10 Å². The van der Waals surface area contributed by atoms with Gasteiger partial charge in [0.25, 0.3) is 0 Å². The molecule has 2 unspecified atom stereocenters. The van der Waals surface area contributed by atoms with Gasteiger partial charge >= 0.3 is 0 Å². The lowest BCUT2D eigenvalue weighted by atomic mass is 10.0. The summed E-state index contributed by atoms with van der Waals surface area (Å²) in [5, 5.41) is 7.85. The van der Waals surface area contributed by atoms with Crippen LogP contribution in [-0.2, 0) is 0 Å². The van der Waals surface area contributed by atoms with Crippen molar-refractivity contribution in [2.24, 2.45) is 0 Å². The van der Waals surface area contributed by atoms with Crippen LogP contribution in [0.3, 0.4) is 0 Å². The Morgan fingerprint density at radius 3 is 3.11 bits per heavy atom. The molecule has 19 heavy (non-hydrogen) atoms. The Hall–Kier alpha value is -1.62. The van der Waals surface area contributed by atoms with Gasteiger partial charge in [0.2, 0.25) is 0 Å². The molecule has 1 N–H and O–H groups in total. The zero-order chi connectivity index (χ0) is 12.7. The van der Waals surface area contributed by atoms with Gasteiger partial charge in [-0.1, -0.05) is 0 Å². The molecule has 5 nitrogen and oxygen atoms in total. The predicted octanol–water partition coefficient (Wildman–Crippen LogP) is 1.45. The lowest BCUT2D eigenvalue weighted by Crippen LogP contribution is -2.44. The number of nitrogens with one attached hydrogen (secondary N) is 1. The van der Waals surface area contributed by atoms with E-state index in [2.05, 4.69) is 21.4 Å². The zero-order valence-corrected chi connectivity index (χ0v) is 11.0. The van der Waals surface area contributed by atoms with Crippen molar-refractivity contribution in [3.05, 3.63) is 24.5 Å². The number of nitrogens with zero attached hydrogens (tertiary/aromatic N) is 4. The second-order valence-corrected chi connectivity index (χ2v) is 5.53.